The minimum atomic E-state index is -0.0782. The highest BCUT2D eigenvalue weighted by atomic mass is 31.0. The van der Waals surface area contributed by atoms with Crippen molar-refractivity contribution in [1.29, 1.82) is 0 Å². The van der Waals surface area contributed by atoms with Crippen LogP contribution in [0.1, 0.15) is 6.42 Å². The van der Waals surface area contributed by atoms with Gasteiger partial charge in [-0.05, 0) is 0 Å². The second kappa shape index (κ2) is 5.65. The van der Waals surface area contributed by atoms with Gasteiger partial charge in [-0.25, -0.2) is 0 Å². The Labute approximate surface area is 84.9 Å². The Morgan fingerprint density at radius 1 is 0.923 bits per heavy atom. The minimum Gasteiger partial charge on any atom is -0.438 e. The number of hydrogen-bond donors (Lipinski definition) is 0. The van der Waals surface area contributed by atoms with E-state index >= 15 is 0 Å². The van der Waals surface area contributed by atoms with Crippen LogP contribution >= 0.6 is 18.9 Å². The molecular formula is C5H14B2O4P2. The van der Waals surface area contributed by atoms with Crippen molar-refractivity contribution in [3.8, 4) is 0 Å². The molecule has 1 aliphatic carbocycles. The summed E-state index contributed by atoms with van der Waals surface area (Å²) in [6, 6.07) is 0. The minimum absolute atomic E-state index is 0.0190. The zero-order chi connectivity index (χ0) is 9.84. The van der Waals surface area contributed by atoms with Crippen molar-refractivity contribution < 1.29 is 18.4 Å². The molecule has 0 radical (unpaired) electrons. The van der Waals surface area contributed by atoms with Crippen LogP contribution < -0.4 is 0 Å². The molecule has 74 valence electrons. The highest BCUT2D eigenvalue weighted by Crippen LogP contribution is 2.31. The molecule has 6 atom stereocenters. The number of hydrogen-bond acceptors (Lipinski definition) is 4. The van der Waals surface area contributed by atoms with Crippen molar-refractivity contribution in [2.75, 3.05) is 0 Å². The summed E-state index contributed by atoms with van der Waals surface area (Å²) in [5, 5.41) is 0. The van der Waals surface area contributed by atoms with Gasteiger partial charge in [0.05, 0.1) is 18.3 Å². The molecule has 0 N–H and O–H groups in total. The molecule has 1 saturated carbocycles. The molecule has 8 heteroatoms. The first kappa shape index (κ1) is 11.9. The Morgan fingerprint density at radius 2 is 1.62 bits per heavy atom. The lowest BCUT2D eigenvalue weighted by atomic mass is 10.2. The average Bonchev–Trinajstić information content (AvgIpc) is 2.54. The molecule has 4 nitrogen and oxygen atoms in total. The van der Waals surface area contributed by atoms with Crippen molar-refractivity contribution in [1.82, 2.24) is 0 Å². The molecule has 0 aromatic rings. The molecule has 1 aliphatic rings. The first-order chi connectivity index (χ1) is 6.28. The lowest BCUT2D eigenvalue weighted by Crippen LogP contribution is -2.36. The van der Waals surface area contributed by atoms with Crippen LogP contribution in [0.4, 0.5) is 0 Å². The Hall–Kier alpha value is 0.830. The average molecular weight is 222 g/mol. The first-order valence-corrected chi connectivity index (χ1v) is 4.99. The summed E-state index contributed by atoms with van der Waals surface area (Å²) in [7, 11) is 7.81. The zero-order valence-electron chi connectivity index (χ0n) is 7.80. The van der Waals surface area contributed by atoms with Gasteiger partial charge < -0.3 is 18.4 Å². The van der Waals surface area contributed by atoms with Crippen molar-refractivity contribution in [2.45, 2.75) is 30.8 Å². The summed E-state index contributed by atoms with van der Waals surface area (Å²) in [5.74, 6) is 0. The topological polar surface area (TPSA) is 36.9 Å². The quantitative estimate of drug-likeness (QED) is 0.433. The van der Waals surface area contributed by atoms with Gasteiger partial charge >= 0.3 is 0 Å². The molecule has 0 aliphatic heterocycles. The molecule has 2 unspecified atom stereocenters. The Balaban J connectivity index is 2.65. The highest BCUT2D eigenvalue weighted by molar-refractivity contribution is 7.10. The van der Waals surface area contributed by atoms with Crippen molar-refractivity contribution in [3.05, 3.63) is 0 Å². The molecule has 0 spiro atoms. The van der Waals surface area contributed by atoms with Gasteiger partial charge in [-0.15, -0.1) is 0 Å². The SMILES string of the molecule is BO[C@H]1[C@@H](OP)[C@H](OB)C[C@@H]1OP. The van der Waals surface area contributed by atoms with Crippen LogP contribution in [0.25, 0.3) is 0 Å². The third kappa shape index (κ3) is 2.44. The van der Waals surface area contributed by atoms with Crippen LogP contribution in [-0.2, 0) is 18.4 Å². The maximum Gasteiger partial charge on any atom is 0.257 e. The Kier molecular flexibility index (Phi) is 5.17. The summed E-state index contributed by atoms with van der Waals surface area (Å²) in [6.45, 7) is 0. The summed E-state index contributed by atoms with van der Waals surface area (Å²) >= 11 is 0. The van der Waals surface area contributed by atoms with E-state index in [4.69, 9.17) is 18.4 Å². The van der Waals surface area contributed by atoms with Crippen LogP contribution in [0.3, 0.4) is 0 Å². The van der Waals surface area contributed by atoms with Gasteiger partial charge in [0.15, 0.2) is 0 Å². The van der Waals surface area contributed by atoms with Gasteiger partial charge in [-0.3, -0.25) is 0 Å². The monoisotopic (exact) mass is 222 g/mol. The first-order valence-electron chi connectivity index (χ1n) is 4.05. The van der Waals surface area contributed by atoms with E-state index in [9.17, 15) is 0 Å². The van der Waals surface area contributed by atoms with Gasteiger partial charge in [0.25, 0.3) is 16.1 Å². The van der Waals surface area contributed by atoms with Gasteiger partial charge in [0.1, 0.15) is 6.10 Å². The van der Waals surface area contributed by atoms with Crippen molar-refractivity contribution in [3.63, 3.8) is 0 Å². The number of rotatable bonds is 4. The lowest BCUT2D eigenvalue weighted by molar-refractivity contribution is 0.0155. The maximum atomic E-state index is 5.29. The molecule has 0 saturated heterocycles. The molecular weight excluding hydrogens is 208 g/mol. The molecule has 0 aromatic carbocycles. The van der Waals surface area contributed by atoms with E-state index in [0.717, 1.165) is 6.42 Å². The van der Waals surface area contributed by atoms with E-state index in [1.165, 1.54) is 0 Å². The molecule has 1 fully saturated rings. The van der Waals surface area contributed by atoms with Crippen LogP contribution in [0, 0.1) is 0 Å². The Morgan fingerprint density at radius 3 is 2.00 bits per heavy atom. The highest BCUT2D eigenvalue weighted by Gasteiger charge is 2.43. The van der Waals surface area contributed by atoms with Crippen LogP contribution in [0.2, 0.25) is 0 Å². The summed E-state index contributed by atoms with van der Waals surface area (Å²) in [5.41, 5.74) is 0. The second-order valence-corrected chi connectivity index (χ2v) is 3.53. The van der Waals surface area contributed by atoms with Gasteiger partial charge in [-0.2, -0.15) is 0 Å². The van der Waals surface area contributed by atoms with Crippen LogP contribution in [-0.4, -0.2) is 40.5 Å². The van der Waals surface area contributed by atoms with E-state index in [1.807, 2.05) is 0 Å². The van der Waals surface area contributed by atoms with Crippen LogP contribution in [0.15, 0.2) is 0 Å². The van der Waals surface area contributed by atoms with Gasteiger partial charge in [0.2, 0.25) is 0 Å². The zero-order valence-corrected chi connectivity index (χ0v) is 10.1. The summed E-state index contributed by atoms with van der Waals surface area (Å²) in [6.07, 6.45) is 0.696. The van der Waals surface area contributed by atoms with Crippen molar-refractivity contribution >= 4 is 35.0 Å². The fraction of sp³-hybridized carbons (Fsp3) is 1.00. The standard InChI is InChI=1S/C5H14B2O4P2/c6-8-2-1-3(10-12)4(9-7)5(2)11-13/h2-5H,1,6-7,12-13H2/t2-,3+,4-,5+/m1/s1. The van der Waals surface area contributed by atoms with E-state index in [0.29, 0.717) is 0 Å². The van der Waals surface area contributed by atoms with E-state index in [1.54, 1.807) is 16.1 Å². The second-order valence-electron chi connectivity index (χ2n) is 2.99. The third-order valence-electron chi connectivity index (χ3n) is 2.43. The summed E-state index contributed by atoms with van der Waals surface area (Å²) < 4.78 is 21.0. The maximum absolute atomic E-state index is 5.29. The molecule has 0 amide bonds. The van der Waals surface area contributed by atoms with Crippen LogP contribution in [0.5, 0.6) is 0 Å². The fourth-order valence-corrected chi connectivity index (χ4v) is 2.33. The molecule has 13 heavy (non-hydrogen) atoms. The smallest absolute Gasteiger partial charge is 0.257 e. The third-order valence-corrected chi connectivity index (χ3v) is 3.09. The lowest BCUT2D eigenvalue weighted by Gasteiger charge is -2.23. The van der Waals surface area contributed by atoms with E-state index < -0.39 is 0 Å². The van der Waals surface area contributed by atoms with E-state index in [-0.39, 0.29) is 24.4 Å². The van der Waals surface area contributed by atoms with Crippen molar-refractivity contribution in [2.24, 2.45) is 0 Å². The van der Waals surface area contributed by atoms with E-state index in [2.05, 4.69) is 18.9 Å². The predicted molar refractivity (Wildman–Crippen MR) is 60.6 cm³/mol. The molecule has 1 rings (SSSR count). The van der Waals surface area contributed by atoms with Gasteiger partial charge in [0, 0.05) is 25.4 Å². The molecule has 0 bridgehead atoms. The fourth-order valence-electron chi connectivity index (χ4n) is 1.73. The summed E-state index contributed by atoms with van der Waals surface area (Å²) in [4.78, 5) is 0. The Bertz CT molecular complexity index is 147. The van der Waals surface area contributed by atoms with Gasteiger partial charge in [-0.1, -0.05) is 0 Å². The largest absolute Gasteiger partial charge is 0.438 e. The normalized spacial score (nSPS) is 39.5. The molecule has 0 heterocycles. The predicted octanol–water partition coefficient (Wildman–Crippen LogP) is -1.39. The molecule has 0 aromatic heterocycles.